The zero-order chi connectivity index (χ0) is 17.9. The Morgan fingerprint density at radius 2 is 1.58 bits per heavy atom. The van der Waals surface area contributed by atoms with E-state index in [1.54, 1.807) is 18.3 Å². The molecule has 2 aromatic carbocycles. The summed E-state index contributed by atoms with van der Waals surface area (Å²) in [5.41, 5.74) is 3.53. The third kappa shape index (κ3) is 3.19. The first kappa shape index (κ1) is 16.0. The fourth-order valence-electron chi connectivity index (χ4n) is 3.00. The third-order valence-electron chi connectivity index (χ3n) is 4.29. The largest absolute Gasteiger partial charge is 0.386 e. The van der Waals surface area contributed by atoms with Crippen LogP contribution in [0.5, 0.6) is 0 Å². The number of esters is 2. The van der Waals surface area contributed by atoms with Crippen molar-refractivity contribution in [2.45, 2.75) is 13.1 Å². The summed E-state index contributed by atoms with van der Waals surface area (Å²) in [6.07, 6.45) is 1.76. The topological polar surface area (TPSA) is 59.5 Å². The molecule has 0 N–H and O–H groups in total. The normalized spacial score (nSPS) is 12.6. The number of hydrogen-bond donors (Lipinski definition) is 0. The Morgan fingerprint density at radius 1 is 0.808 bits per heavy atom. The van der Waals surface area contributed by atoms with E-state index in [0.717, 1.165) is 16.9 Å². The van der Waals surface area contributed by atoms with Gasteiger partial charge in [0.25, 0.3) is 0 Å². The van der Waals surface area contributed by atoms with Crippen molar-refractivity contribution in [3.63, 3.8) is 0 Å². The molecular weight excluding hydrogens is 328 g/mol. The number of fused-ring (bicyclic) bond motifs is 1. The highest BCUT2D eigenvalue weighted by Crippen LogP contribution is 2.27. The van der Waals surface area contributed by atoms with E-state index in [1.807, 2.05) is 42.5 Å². The summed E-state index contributed by atoms with van der Waals surface area (Å²) < 4.78 is 4.69. The van der Waals surface area contributed by atoms with Crippen molar-refractivity contribution in [1.29, 1.82) is 0 Å². The van der Waals surface area contributed by atoms with Gasteiger partial charge in [-0.3, -0.25) is 4.98 Å². The second-order valence-corrected chi connectivity index (χ2v) is 6.07. The number of pyridine rings is 1. The van der Waals surface area contributed by atoms with Crippen LogP contribution in [0.3, 0.4) is 0 Å². The highest BCUT2D eigenvalue weighted by molar-refractivity contribution is 6.15. The number of benzene rings is 2. The fraction of sp³-hybridized carbons (Fsp3) is 0.0952. The Kier molecular flexibility index (Phi) is 4.19. The van der Waals surface area contributed by atoms with Gasteiger partial charge in [-0.25, -0.2) is 9.59 Å². The minimum Gasteiger partial charge on any atom is -0.386 e. The molecule has 26 heavy (non-hydrogen) atoms. The van der Waals surface area contributed by atoms with Crippen LogP contribution in [-0.4, -0.2) is 16.9 Å². The van der Waals surface area contributed by atoms with Crippen LogP contribution in [0.4, 0.5) is 5.69 Å². The minimum atomic E-state index is -0.593. The molecule has 1 aliphatic heterocycles. The second-order valence-electron chi connectivity index (χ2n) is 6.07. The SMILES string of the molecule is O=C1OC(=O)c2cc(N(Cc3ccccc3)Cc3ccccn3)ccc21. The molecule has 5 nitrogen and oxygen atoms in total. The van der Waals surface area contributed by atoms with Gasteiger partial charge >= 0.3 is 11.9 Å². The number of carbonyl (C=O) groups excluding carboxylic acids is 2. The van der Waals surface area contributed by atoms with Gasteiger partial charge in [-0.2, -0.15) is 0 Å². The molecule has 3 aromatic rings. The molecule has 1 aromatic heterocycles. The molecule has 0 amide bonds. The molecule has 0 aliphatic carbocycles. The number of anilines is 1. The molecule has 0 fully saturated rings. The van der Waals surface area contributed by atoms with Gasteiger partial charge in [0.2, 0.25) is 0 Å². The summed E-state index contributed by atoms with van der Waals surface area (Å²) in [7, 11) is 0. The molecule has 5 heteroatoms. The number of hydrogen-bond acceptors (Lipinski definition) is 5. The number of carbonyl (C=O) groups is 2. The standard InChI is InChI=1S/C21H16N2O3/c24-20-18-10-9-17(12-19(18)21(25)26-20)23(13-15-6-2-1-3-7-15)14-16-8-4-5-11-22-16/h1-12H,13-14H2. The molecule has 2 heterocycles. The Hall–Kier alpha value is -3.47. The smallest absolute Gasteiger partial charge is 0.346 e. The molecule has 1 aliphatic rings. The first-order valence-electron chi connectivity index (χ1n) is 8.30. The molecule has 0 spiro atoms. The van der Waals surface area contributed by atoms with Crippen molar-refractivity contribution in [3.8, 4) is 0 Å². The monoisotopic (exact) mass is 344 g/mol. The zero-order valence-electron chi connectivity index (χ0n) is 14.0. The van der Waals surface area contributed by atoms with E-state index in [1.165, 1.54) is 0 Å². The van der Waals surface area contributed by atoms with Crippen molar-refractivity contribution in [2.24, 2.45) is 0 Å². The van der Waals surface area contributed by atoms with Gasteiger partial charge < -0.3 is 9.64 Å². The highest BCUT2D eigenvalue weighted by Gasteiger charge is 2.30. The van der Waals surface area contributed by atoms with E-state index in [0.29, 0.717) is 24.2 Å². The number of aromatic nitrogens is 1. The van der Waals surface area contributed by atoms with Crippen LogP contribution in [0, 0.1) is 0 Å². The van der Waals surface area contributed by atoms with Crippen LogP contribution in [0.2, 0.25) is 0 Å². The molecule has 0 saturated heterocycles. The lowest BCUT2D eigenvalue weighted by Gasteiger charge is -2.25. The highest BCUT2D eigenvalue weighted by atomic mass is 16.6. The maximum absolute atomic E-state index is 11.9. The van der Waals surface area contributed by atoms with Crippen molar-refractivity contribution in [3.05, 3.63) is 95.3 Å². The molecule has 0 saturated carbocycles. The molecule has 128 valence electrons. The van der Waals surface area contributed by atoms with Gasteiger partial charge in [0.1, 0.15) is 0 Å². The number of cyclic esters (lactones) is 2. The Balaban J connectivity index is 1.69. The van der Waals surface area contributed by atoms with Crippen LogP contribution in [0.15, 0.2) is 72.9 Å². The van der Waals surface area contributed by atoms with Crippen LogP contribution < -0.4 is 4.90 Å². The second kappa shape index (κ2) is 6.80. The first-order valence-corrected chi connectivity index (χ1v) is 8.30. The summed E-state index contributed by atoms with van der Waals surface area (Å²) in [6.45, 7) is 1.23. The quantitative estimate of drug-likeness (QED) is 0.523. The van der Waals surface area contributed by atoms with Gasteiger partial charge in [0, 0.05) is 18.4 Å². The Labute approximate surface area is 150 Å². The lowest BCUT2D eigenvalue weighted by Crippen LogP contribution is -2.23. The lowest BCUT2D eigenvalue weighted by molar-refractivity contribution is 0.0444. The van der Waals surface area contributed by atoms with Crippen LogP contribution in [-0.2, 0) is 17.8 Å². The van der Waals surface area contributed by atoms with Crippen molar-refractivity contribution in [1.82, 2.24) is 4.98 Å². The van der Waals surface area contributed by atoms with Gasteiger partial charge in [-0.05, 0) is 35.9 Å². The summed E-state index contributed by atoms with van der Waals surface area (Å²) in [6, 6.07) is 21.1. The molecule has 0 unspecified atom stereocenters. The average Bonchev–Trinajstić information content (AvgIpc) is 2.96. The molecule has 0 bridgehead atoms. The summed E-state index contributed by atoms with van der Waals surface area (Å²) in [5, 5.41) is 0. The Bertz CT molecular complexity index is 914. The Morgan fingerprint density at radius 3 is 2.35 bits per heavy atom. The minimum absolute atomic E-state index is 0.312. The van der Waals surface area contributed by atoms with E-state index < -0.39 is 11.9 Å². The van der Waals surface area contributed by atoms with E-state index >= 15 is 0 Å². The number of rotatable bonds is 5. The first-order chi connectivity index (χ1) is 12.7. The summed E-state index contributed by atoms with van der Waals surface area (Å²) >= 11 is 0. The fourth-order valence-corrected chi connectivity index (χ4v) is 3.00. The third-order valence-corrected chi connectivity index (χ3v) is 4.29. The lowest BCUT2D eigenvalue weighted by atomic mass is 10.1. The van der Waals surface area contributed by atoms with Gasteiger partial charge in [-0.1, -0.05) is 36.4 Å². The van der Waals surface area contributed by atoms with Crippen LogP contribution in [0.25, 0.3) is 0 Å². The predicted molar refractivity (Wildman–Crippen MR) is 96.8 cm³/mol. The summed E-state index contributed by atoms with van der Waals surface area (Å²) in [5.74, 6) is -1.18. The maximum atomic E-state index is 11.9. The van der Waals surface area contributed by atoms with E-state index in [9.17, 15) is 9.59 Å². The average molecular weight is 344 g/mol. The number of nitrogens with zero attached hydrogens (tertiary/aromatic N) is 2. The van der Waals surface area contributed by atoms with Gasteiger partial charge in [-0.15, -0.1) is 0 Å². The van der Waals surface area contributed by atoms with E-state index in [-0.39, 0.29) is 0 Å². The molecule has 0 atom stereocenters. The zero-order valence-corrected chi connectivity index (χ0v) is 14.0. The molecule has 0 radical (unpaired) electrons. The maximum Gasteiger partial charge on any atom is 0.346 e. The van der Waals surface area contributed by atoms with E-state index in [4.69, 9.17) is 4.74 Å². The van der Waals surface area contributed by atoms with Crippen molar-refractivity contribution >= 4 is 17.6 Å². The predicted octanol–water partition coefficient (Wildman–Crippen LogP) is 3.60. The van der Waals surface area contributed by atoms with Gasteiger partial charge in [0.15, 0.2) is 0 Å². The molecular formula is C21H16N2O3. The summed E-state index contributed by atoms with van der Waals surface area (Å²) in [4.78, 5) is 30.1. The molecule has 4 rings (SSSR count). The number of ether oxygens (including phenoxy) is 1. The van der Waals surface area contributed by atoms with Gasteiger partial charge in [0.05, 0.1) is 23.4 Å². The van der Waals surface area contributed by atoms with Crippen molar-refractivity contribution in [2.75, 3.05) is 4.90 Å². The van der Waals surface area contributed by atoms with Crippen molar-refractivity contribution < 1.29 is 14.3 Å². The van der Waals surface area contributed by atoms with Crippen LogP contribution >= 0.6 is 0 Å². The van der Waals surface area contributed by atoms with Crippen LogP contribution in [0.1, 0.15) is 32.0 Å². The van der Waals surface area contributed by atoms with E-state index in [2.05, 4.69) is 22.0 Å².